The first kappa shape index (κ1) is 13.5. The van der Waals surface area contributed by atoms with Gasteiger partial charge in [-0.3, -0.25) is 4.79 Å². The lowest BCUT2D eigenvalue weighted by atomic mass is 10.1. The Morgan fingerprint density at radius 2 is 1.90 bits per heavy atom. The van der Waals surface area contributed by atoms with E-state index in [0.29, 0.717) is 21.5 Å². The molecular weight excluding hydrogens is 292 g/mol. The highest BCUT2D eigenvalue weighted by atomic mass is 35.5. The first-order chi connectivity index (χ1) is 10.1. The maximum atomic E-state index is 12.7. The van der Waals surface area contributed by atoms with Gasteiger partial charge in [-0.1, -0.05) is 23.7 Å². The van der Waals surface area contributed by atoms with E-state index in [2.05, 4.69) is 0 Å². The Labute approximate surface area is 125 Å². The van der Waals surface area contributed by atoms with Crippen LogP contribution in [0.1, 0.15) is 0 Å². The number of methoxy groups -OCH3 is 1. The van der Waals surface area contributed by atoms with E-state index < -0.39 is 0 Å². The molecule has 1 aromatic heterocycles. The molecule has 0 saturated heterocycles. The Bertz CT molecular complexity index is 866. The fourth-order valence-electron chi connectivity index (χ4n) is 2.19. The summed E-state index contributed by atoms with van der Waals surface area (Å²) < 4.78 is 10.6. The standard InChI is InChI=1S/C16H11ClO4/c1-20-13-6-11(18)7-14-15(13)16(19)12(8-21-14)9-2-4-10(17)5-3-9/h2-8,18H,1H3. The molecular formula is C16H11ClO4. The van der Waals surface area contributed by atoms with E-state index in [1.54, 1.807) is 24.3 Å². The monoisotopic (exact) mass is 302 g/mol. The molecule has 2 aromatic carbocycles. The molecule has 0 unspecified atom stereocenters. The van der Waals surface area contributed by atoms with Gasteiger partial charge in [-0.25, -0.2) is 0 Å². The number of phenols is 1. The maximum Gasteiger partial charge on any atom is 0.204 e. The molecule has 0 atom stereocenters. The van der Waals surface area contributed by atoms with Gasteiger partial charge < -0.3 is 14.3 Å². The smallest absolute Gasteiger partial charge is 0.204 e. The van der Waals surface area contributed by atoms with Crippen LogP contribution in [-0.4, -0.2) is 12.2 Å². The highest BCUT2D eigenvalue weighted by molar-refractivity contribution is 6.30. The van der Waals surface area contributed by atoms with Crippen LogP contribution >= 0.6 is 11.6 Å². The molecule has 0 bridgehead atoms. The second kappa shape index (κ2) is 5.14. The van der Waals surface area contributed by atoms with Crippen molar-refractivity contribution in [3.05, 3.63) is 57.9 Å². The average Bonchev–Trinajstić information content (AvgIpc) is 2.48. The van der Waals surface area contributed by atoms with Crippen molar-refractivity contribution in [2.45, 2.75) is 0 Å². The summed E-state index contributed by atoms with van der Waals surface area (Å²) in [5, 5.41) is 10.5. The molecule has 5 heteroatoms. The second-order valence-electron chi connectivity index (χ2n) is 4.51. The van der Waals surface area contributed by atoms with E-state index in [-0.39, 0.29) is 22.5 Å². The minimum absolute atomic E-state index is 0.0262. The van der Waals surface area contributed by atoms with Crippen molar-refractivity contribution < 1.29 is 14.3 Å². The number of phenolic OH excluding ortho intramolecular Hbond substituents is 1. The molecule has 0 amide bonds. The van der Waals surface area contributed by atoms with E-state index in [4.69, 9.17) is 20.8 Å². The largest absolute Gasteiger partial charge is 0.508 e. The first-order valence-electron chi connectivity index (χ1n) is 6.18. The topological polar surface area (TPSA) is 59.7 Å². The van der Waals surface area contributed by atoms with E-state index >= 15 is 0 Å². The van der Waals surface area contributed by atoms with Crippen molar-refractivity contribution in [1.29, 1.82) is 0 Å². The maximum absolute atomic E-state index is 12.7. The van der Waals surface area contributed by atoms with Crippen LogP contribution in [0.25, 0.3) is 22.1 Å². The highest BCUT2D eigenvalue weighted by Crippen LogP contribution is 2.30. The summed E-state index contributed by atoms with van der Waals surface area (Å²) in [7, 11) is 1.43. The predicted molar refractivity (Wildman–Crippen MR) is 81.1 cm³/mol. The average molecular weight is 303 g/mol. The van der Waals surface area contributed by atoms with Crippen LogP contribution in [0.4, 0.5) is 0 Å². The van der Waals surface area contributed by atoms with Crippen LogP contribution in [0.3, 0.4) is 0 Å². The van der Waals surface area contributed by atoms with Crippen molar-refractivity contribution in [2.75, 3.05) is 7.11 Å². The van der Waals surface area contributed by atoms with Crippen molar-refractivity contribution in [3.8, 4) is 22.6 Å². The minimum atomic E-state index is -0.226. The van der Waals surface area contributed by atoms with Crippen LogP contribution < -0.4 is 10.2 Å². The lowest BCUT2D eigenvalue weighted by molar-refractivity contribution is 0.411. The molecule has 0 aliphatic rings. The number of aromatic hydroxyl groups is 1. The van der Waals surface area contributed by atoms with Crippen LogP contribution in [-0.2, 0) is 0 Å². The van der Waals surface area contributed by atoms with Crippen molar-refractivity contribution in [2.24, 2.45) is 0 Å². The Morgan fingerprint density at radius 3 is 2.57 bits per heavy atom. The molecule has 0 aliphatic carbocycles. The van der Waals surface area contributed by atoms with Gasteiger partial charge in [-0.05, 0) is 17.7 Å². The lowest BCUT2D eigenvalue weighted by Gasteiger charge is -2.07. The zero-order chi connectivity index (χ0) is 15.0. The van der Waals surface area contributed by atoms with Crippen molar-refractivity contribution in [1.82, 2.24) is 0 Å². The number of halogens is 1. The van der Waals surface area contributed by atoms with Gasteiger partial charge in [-0.15, -0.1) is 0 Å². The highest BCUT2D eigenvalue weighted by Gasteiger charge is 2.14. The zero-order valence-electron chi connectivity index (χ0n) is 11.1. The summed E-state index contributed by atoms with van der Waals surface area (Å²) in [6.45, 7) is 0. The fourth-order valence-corrected chi connectivity index (χ4v) is 2.32. The van der Waals surface area contributed by atoms with Gasteiger partial charge in [0.1, 0.15) is 28.7 Å². The van der Waals surface area contributed by atoms with Gasteiger partial charge in [-0.2, -0.15) is 0 Å². The van der Waals surface area contributed by atoms with E-state index in [9.17, 15) is 9.90 Å². The molecule has 1 N–H and O–H groups in total. The summed E-state index contributed by atoms with van der Waals surface area (Å²) in [4.78, 5) is 12.7. The third-order valence-corrected chi connectivity index (χ3v) is 3.45. The third-order valence-electron chi connectivity index (χ3n) is 3.20. The van der Waals surface area contributed by atoms with Gasteiger partial charge >= 0.3 is 0 Å². The van der Waals surface area contributed by atoms with Crippen LogP contribution in [0.15, 0.2) is 51.9 Å². The fraction of sp³-hybridized carbons (Fsp3) is 0.0625. The number of fused-ring (bicyclic) bond motifs is 1. The van der Waals surface area contributed by atoms with E-state index in [1.807, 2.05) is 0 Å². The van der Waals surface area contributed by atoms with Gasteiger partial charge in [0, 0.05) is 17.2 Å². The van der Waals surface area contributed by atoms with Gasteiger partial charge in [0.05, 0.1) is 12.7 Å². The van der Waals surface area contributed by atoms with Crippen LogP contribution in [0.5, 0.6) is 11.5 Å². The summed E-state index contributed by atoms with van der Waals surface area (Å²) >= 11 is 5.85. The van der Waals surface area contributed by atoms with Crippen molar-refractivity contribution in [3.63, 3.8) is 0 Å². The zero-order valence-corrected chi connectivity index (χ0v) is 11.8. The molecule has 0 spiro atoms. The molecule has 0 radical (unpaired) electrons. The Hall–Kier alpha value is -2.46. The molecule has 3 aromatic rings. The molecule has 21 heavy (non-hydrogen) atoms. The molecule has 0 aliphatic heterocycles. The first-order valence-corrected chi connectivity index (χ1v) is 6.56. The Kier molecular flexibility index (Phi) is 3.31. The predicted octanol–water partition coefficient (Wildman–Crippen LogP) is 3.83. The summed E-state index contributed by atoms with van der Waals surface area (Å²) in [5.74, 6) is 0.247. The number of rotatable bonds is 2. The summed E-state index contributed by atoms with van der Waals surface area (Å²) in [6.07, 6.45) is 1.37. The van der Waals surface area contributed by atoms with E-state index in [0.717, 1.165) is 0 Å². The SMILES string of the molecule is COc1cc(O)cc2occ(-c3ccc(Cl)cc3)c(=O)c12. The Balaban J connectivity index is 2.32. The molecule has 0 saturated carbocycles. The quantitative estimate of drug-likeness (QED) is 0.781. The van der Waals surface area contributed by atoms with Gasteiger partial charge in [0.15, 0.2) is 0 Å². The van der Waals surface area contributed by atoms with Crippen LogP contribution in [0, 0.1) is 0 Å². The summed E-state index contributed by atoms with van der Waals surface area (Å²) in [5.41, 5.74) is 1.15. The number of hydrogen-bond donors (Lipinski definition) is 1. The normalized spacial score (nSPS) is 10.8. The molecule has 3 rings (SSSR count). The lowest BCUT2D eigenvalue weighted by Crippen LogP contribution is -2.06. The van der Waals surface area contributed by atoms with E-state index in [1.165, 1.54) is 25.5 Å². The number of ether oxygens (including phenoxy) is 1. The van der Waals surface area contributed by atoms with Crippen molar-refractivity contribution >= 4 is 22.6 Å². The minimum Gasteiger partial charge on any atom is -0.508 e. The third kappa shape index (κ3) is 2.34. The Morgan fingerprint density at radius 1 is 1.19 bits per heavy atom. The molecule has 4 nitrogen and oxygen atoms in total. The molecule has 106 valence electrons. The summed E-state index contributed by atoms with van der Waals surface area (Å²) in [6, 6.07) is 9.65. The molecule has 1 heterocycles. The molecule has 0 fully saturated rings. The second-order valence-corrected chi connectivity index (χ2v) is 4.94. The van der Waals surface area contributed by atoms with Crippen LogP contribution in [0.2, 0.25) is 5.02 Å². The number of hydrogen-bond acceptors (Lipinski definition) is 4. The van der Waals surface area contributed by atoms with Gasteiger partial charge in [0.25, 0.3) is 0 Å². The van der Waals surface area contributed by atoms with Gasteiger partial charge in [0.2, 0.25) is 5.43 Å². The number of benzene rings is 2.